The van der Waals surface area contributed by atoms with Gasteiger partial charge in [0.2, 0.25) is 11.8 Å². The van der Waals surface area contributed by atoms with Crippen molar-refractivity contribution in [2.24, 2.45) is 0 Å². The number of benzene rings is 2. The highest BCUT2D eigenvalue weighted by Crippen LogP contribution is 2.35. The van der Waals surface area contributed by atoms with Gasteiger partial charge >= 0.3 is 0 Å². The average molecular weight is 452 g/mol. The Labute approximate surface area is 189 Å². The molecule has 0 bridgehead atoms. The Morgan fingerprint density at radius 3 is 2.71 bits per heavy atom. The van der Waals surface area contributed by atoms with Crippen LogP contribution in [0.5, 0.6) is 0 Å². The predicted octanol–water partition coefficient (Wildman–Crippen LogP) is 5.86. The third kappa shape index (κ3) is 4.23. The zero-order valence-electron chi connectivity index (χ0n) is 17.2. The molecule has 31 heavy (non-hydrogen) atoms. The van der Waals surface area contributed by atoms with Crippen molar-refractivity contribution in [2.45, 2.75) is 32.1 Å². The summed E-state index contributed by atoms with van der Waals surface area (Å²) in [5, 5.41) is 1.85. The van der Waals surface area contributed by atoms with Crippen molar-refractivity contribution >= 4 is 39.1 Å². The largest absolute Gasteiger partial charge is 0.441 e. The van der Waals surface area contributed by atoms with E-state index in [9.17, 15) is 4.79 Å². The number of hydrogen-bond acceptors (Lipinski definition) is 5. The van der Waals surface area contributed by atoms with E-state index >= 15 is 0 Å². The van der Waals surface area contributed by atoms with Gasteiger partial charge < -0.3 is 9.32 Å². The number of aromatic nitrogens is 2. The highest BCUT2D eigenvalue weighted by molar-refractivity contribution is 7.18. The molecule has 0 saturated carbocycles. The summed E-state index contributed by atoms with van der Waals surface area (Å²) in [7, 11) is 0. The second-order valence-corrected chi connectivity index (χ2v) is 9.38. The van der Waals surface area contributed by atoms with Crippen molar-refractivity contribution in [1.82, 2.24) is 14.9 Å². The number of amides is 1. The van der Waals surface area contributed by atoms with Gasteiger partial charge in [-0.3, -0.25) is 4.79 Å². The van der Waals surface area contributed by atoms with Crippen LogP contribution >= 0.6 is 22.9 Å². The first-order valence-electron chi connectivity index (χ1n) is 10.4. The first-order chi connectivity index (χ1) is 15.1. The number of hydrogen-bond donors (Lipinski definition) is 0. The number of piperidine rings is 1. The van der Waals surface area contributed by atoms with Gasteiger partial charge in [0.05, 0.1) is 27.3 Å². The van der Waals surface area contributed by atoms with Crippen LogP contribution in [-0.4, -0.2) is 33.9 Å². The Hall–Kier alpha value is -2.70. The Bertz CT molecular complexity index is 1230. The number of halogens is 1. The zero-order valence-corrected chi connectivity index (χ0v) is 18.7. The maximum Gasteiger partial charge on any atom is 0.228 e. The standard InChI is InChI=1S/C24H22ClN3O2S/c1-15-19(26-23(30-15)16-5-3-2-4-6-16)14-22(29)28-11-9-17(10-12-28)24-27-20-13-18(25)7-8-21(20)31-24/h2-8,13,17H,9-12,14H2,1H3. The lowest BCUT2D eigenvalue weighted by molar-refractivity contribution is -0.131. The minimum absolute atomic E-state index is 0.102. The number of oxazole rings is 1. The van der Waals surface area contributed by atoms with Crippen molar-refractivity contribution in [1.29, 1.82) is 0 Å². The molecule has 1 saturated heterocycles. The second-order valence-electron chi connectivity index (χ2n) is 7.88. The lowest BCUT2D eigenvalue weighted by Crippen LogP contribution is -2.38. The predicted molar refractivity (Wildman–Crippen MR) is 124 cm³/mol. The highest BCUT2D eigenvalue weighted by Gasteiger charge is 2.27. The summed E-state index contributed by atoms with van der Waals surface area (Å²) < 4.78 is 6.96. The van der Waals surface area contributed by atoms with Crippen LogP contribution in [0.4, 0.5) is 0 Å². The second kappa shape index (κ2) is 8.44. The molecule has 5 rings (SSSR count). The van der Waals surface area contributed by atoms with E-state index in [4.69, 9.17) is 21.0 Å². The molecule has 0 N–H and O–H groups in total. The molecule has 5 nitrogen and oxygen atoms in total. The molecule has 1 amide bonds. The third-order valence-electron chi connectivity index (χ3n) is 5.80. The molecule has 7 heteroatoms. The molecular weight excluding hydrogens is 430 g/mol. The average Bonchev–Trinajstić information content (AvgIpc) is 3.37. The summed E-state index contributed by atoms with van der Waals surface area (Å²) in [6, 6.07) is 15.6. The van der Waals surface area contributed by atoms with E-state index in [0.717, 1.165) is 46.7 Å². The van der Waals surface area contributed by atoms with Crippen LogP contribution in [0.25, 0.3) is 21.7 Å². The summed E-state index contributed by atoms with van der Waals surface area (Å²) in [5.74, 6) is 1.76. The first kappa shape index (κ1) is 20.2. The van der Waals surface area contributed by atoms with Gasteiger partial charge in [-0.05, 0) is 50.1 Å². The molecule has 0 unspecified atom stereocenters. The number of rotatable bonds is 4. The molecule has 0 spiro atoms. The molecule has 1 aliphatic heterocycles. The molecule has 1 fully saturated rings. The maximum absolute atomic E-state index is 12.9. The number of likely N-dealkylation sites (tertiary alicyclic amines) is 1. The summed E-state index contributed by atoms with van der Waals surface area (Å²) in [4.78, 5) is 24.2. The molecule has 0 radical (unpaired) electrons. The molecular formula is C24H22ClN3O2S. The Balaban J connectivity index is 1.22. The van der Waals surface area contributed by atoms with Crippen LogP contribution in [0, 0.1) is 6.92 Å². The van der Waals surface area contributed by atoms with Crippen molar-refractivity contribution in [3.63, 3.8) is 0 Å². The molecule has 3 heterocycles. The number of fused-ring (bicyclic) bond motifs is 1. The fourth-order valence-corrected chi connectivity index (χ4v) is 5.30. The Kier molecular flexibility index (Phi) is 5.50. The highest BCUT2D eigenvalue weighted by atomic mass is 35.5. The Morgan fingerprint density at radius 2 is 1.94 bits per heavy atom. The van der Waals surface area contributed by atoms with Crippen LogP contribution in [0.2, 0.25) is 5.02 Å². The van der Waals surface area contributed by atoms with Gasteiger partial charge in [0.1, 0.15) is 5.76 Å². The number of carbonyl (C=O) groups excluding carboxylic acids is 1. The first-order valence-corrected chi connectivity index (χ1v) is 11.6. The quantitative estimate of drug-likeness (QED) is 0.389. The third-order valence-corrected chi connectivity index (χ3v) is 7.23. The summed E-state index contributed by atoms with van der Waals surface area (Å²) in [6.07, 6.45) is 2.12. The normalized spacial score (nSPS) is 15.0. The lowest BCUT2D eigenvalue weighted by atomic mass is 9.97. The smallest absolute Gasteiger partial charge is 0.228 e. The fraction of sp³-hybridized carbons (Fsp3) is 0.292. The number of nitrogens with zero attached hydrogens (tertiary/aromatic N) is 3. The summed E-state index contributed by atoms with van der Waals surface area (Å²) in [5.41, 5.74) is 2.60. The minimum Gasteiger partial charge on any atom is -0.441 e. The number of carbonyl (C=O) groups is 1. The van der Waals surface area contributed by atoms with Crippen LogP contribution in [-0.2, 0) is 11.2 Å². The van der Waals surface area contributed by atoms with Crippen molar-refractivity contribution < 1.29 is 9.21 Å². The maximum atomic E-state index is 12.9. The molecule has 0 aliphatic carbocycles. The van der Waals surface area contributed by atoms with Crippen LogP contribution in [0.3, 0.4) is 0 Å². The van der Waals surface area contributed by atoms with Crippen molar-refractivity contribution in [2.75, 3.05) is 13.1 Å². The van der Waals surface area contributed by atoms with Gasteiger partial charge in [-0.1, -0.05) is 29.8 Å². The van der Waals surface area contributed by atoms with E-state index in [1.165, 1.54) is 0 Å². The van der Waals surface area contributed by atoms with Crippen LogP contribution < -0.4 is 0 Å². The van der Waals surface area contributed by atoms with Crippen LogP contribution in [0.15, 0.2) is 52.9 Å². The molecule has 4 aromatic rings. The van der Waals surface area contributed by atoms with Gasteiger partial charge in [-0.2, -0.15) is 0 Å². The summed E-state index contributed by atoms with van der Waals surface area (Å²) >= 11 is 7.82. The summed E-state index contributed by atoms with van der Waals surface area (Å²) in [6.45, 7) is 3.35. The molecule has 1 aliphatic rings. The zero-order chi connectivity index (χ0) is 21.4. The molecule has 0 atom stereocenters. The molecule has 158 valence electrons. The van der Waals surface area contributed by atoms with E-state index in [0.29, 0.717) is 28.3 Å². The van der Waals surface area contributed by atoms with Gasteiger partial charge in [0.25, 0.3) is 0 Å². The number of thiazole rings is 1. The van der Waals surface area contributed by atoms with Gasteiger partial charge in [0.15, 0.2) is 0 Å². The van der Waals surface area contributed by atoms with E-state index in [2.05, 4.69) is 4.98 Å². The van der Waals surface area contributed by atoms with Gasteiger partial charge in [0, 0.05) is 29.6 Å². The van der Waals surface area contributed by atoms with E-state index < -0.39 is 0 Å². The molecule has 2 aromatic heterocycles. The topological polar surface area (TPSA) is 59.2 Å². The van der Waals surface area contributed by atoms with E-state index in [1.54, 1.807) is 11.3 Å². The number of aryl methyl sites for hydroxylation is 1. The SMILES string of the molecule is Cc1oc(-c2ccccc2)nc1CC(=O)N1CCC(c2nc3cc(Cl)ccc3s2)CC1. The fourth-order valence-electron chi connectivity index (χ4n) is 4.02. The van der Waals surface area contributed by atoms with Crippen molar-refractivity contribution in [3.05, 3.63) is 70.0 Å². The van der Waals surface area contributed by atoms with Crippen molar-refractivity contribution in [3.8, 4) is 11.5 Å². The van der Waals surface area contributed by atoms with Gasteiger partial charge in [-0.25, -0.2) is 9.97 Å². The van der Waals surface area contributed by atoms with Gasteiger partial charge in [-0.15, -0.1) is 11.3 Å². The lowest BCUT2D eigenvalue weighted by Gasteiger charge is -2.31. The van der Waals surface area contributed by atoms with E-state index in [-0.39, 0.29) is 12.3 Å². The monoisotopic (exact) mass is 451 g/mol. The molecule has 2 aromatic carbocycles. The minimum atomic E-state index is 0.102. The van der Waals surface area contributed by atoms with E-state index in [1.807, 2.05) is 60.4 Å². The van der Waals surface area contributed by atoms with Crippen LogP contribution in [0.1, 0.15) is 35.2 Å². The Morgan fingerprint density at radius 1 is 1.16 bits per heavy atom.